The van der Waals surface area contributed by atoms with Gasteiger partial charge >= 0.3 is 0 Å². The molecule has 2 aromatic heterocycles. The van der Waals surface area contributed by atoms with E-state index in [1.165, 1.54) is 0 Å². The lowest BCUT2D eigenvalue weighted by molar-refractivity contribution is -0.0605. The predicted molar refractivity (Wildman–Crippen MR) is 103 cm³/mol. The van der Waals surface area contributed by atoms with Gasteiger partial charge in [0.2, 0.25) is 0 Å². The first-order chi connectivity index (χ1) is 13.7. The fourth-order valence-corrected chi connectivity index (χ4v) is 4.22. The number of carbonyl (C=O) groups excluding carboxylic acids is 1. The van der Waals surface area contributed by atoms with Crippen LogP contribution in [0.1, 0.15) is 34.2 Å². The lowest BCUT2D eigenvalue weighted by atomic mass is 9.96. The van der Waals surface area contributed by atoms with E-state index in [9.17, 15) is 4.79 Å². The van der Waals surface area contributed by atoms with Gasteiger partial charge in [-0.15, -0.1) is 5.10 Å². The third-order valence-electron chi connectivity index (χ3n) is 5.65. The van der Waals surface area contributed by atoms with Crippen LogP contribution in [0.4, 0.5) is 0 Å². The first-order valence-corrected chi connectivity index (χ1v) is 9.53. The Morgan fingerprint density at radius 1 is 1.21 bits per heavy atom. The molecule has 4 heterocycles. The molecule has 1 amide bonds. The van der Waals surface area contributed by atoms with Gasteiger partial charge in [0, 0.05) is 19.3 Å². The monoisotopic (exact) mass is 375 g/mol. The highest BCUT2D eigenvalue weighted by atomic mass is 16.5. The van der Waals surface area contributed by atoms with Crippen LogP contribution in [0, 0.1) is 6.92 Å². The van der Waals surface area contributed by atoms with Gasteiger partial charge < -0.3 is 9.64 Å². The molecule has 1 aromatic carbocycles. The zero-order chi connectivity index (χ0) is 19.1. The van der Waals surface area contributed by atoms with Crippen molar-refractivity contribution in [3.8, 4) is 11.1 Å². The second kappa shape index (κ2) is 6.83. The number of aromatic nitrogens is 4. The molecule has 2 atom stereocenters. The maximum atomic E-state index is 13.5. The SMILES string of the molecule is Cc1nccc(-c2ccccc2)c1C(=O)N1CC[C@H]2OCc3cnnn3[C@H]2C1. The zero-order valence-corrected chi connectivity index (χ0v) is 15.7. The summed E-state index contributed by atoms with van der Waals surface area (Å²) in [5.74, 6) is 0.00939. The highest BCUT2D eigenvalue weighted by Crippen LogP contribution is 2.32. The van der Waals surface area contributed by atoms with Crippen LogP contribution in [0.25, 0.3) is 11.1 Å². The Bertz CT molecular complexity index is 1020. The molecule has 0 unspecified atom stereocenters. The van der Waals surface area contributed by atoms with Crippen LogP contribution < -0.4 is 0 Å². The van der Waals surface area contributed by atoms with E-state index in [0.29, 0.717) is 25.3 Å². The minimum atomic E-state index is 0.00102. The van der Waals surface area contributed by atoms with E-state index in [0.717, 1.165) is 28.9 Å². The fourth-order valence-electron chi connectivity index (χ4n) is 4.22. The van der Waals surface area contributed by atoms with Crippen molar-refractivity contribution in [3.05, 3.63) is 65.7 Å². The Morgan fingerprint density at radius 2 is 2.07 bits per heavy atom. The minimum Gasteiger partial charge on any atom is -0.370 e. The number of benzene rings is 1. The second-order valence-corrected chi connectivity index (χ2v) is 7.31. The van der Waals surface area contributed by atoms with Crippen molar-refractivity contribution in [1.29, 1.82) is 0 Å². The van der Waals surface area contributed by atoms with Crippen LogP contribution in [0.5, 0.6) is 0 Å². The summed E-state index contributed by atoms with van der Waals surface area (Å²) < 4.78 is 7.88. The molecule has 7 heteroatoms. The van der Waals surface area contributed by atoms with Gasteiger partial charge in [-0.1, -0.05) is 35.5 Å². The first kappa shape index (κ1) is 17.1. The molecule has 2 aliphatic rings. The molecule has 0 radical (unpaired) electrons. The summed E-state index contributed by atoms with van der Waals surface area (Å²) in [4.78, 5) is 19.8. The lowest BCUT2D eigenvalue weighted by Crippen LogP contribution is -2.50. The largest absolute Gasteiger partial charge is 0.370 e. The molecule has 5 rings (SSSR count). The van der Waals surface area contributed by atoms with Gasteiger partial charge in [0.25, 0.3) is 5.91 Å². The smallest absolute Gasteiger partial charge is 0.256 e. The van der Waals surface area contributed by atoms with Crippen LogP contribution in [-0.2, 0) is 11.3 Å². The van der Waals surface area contributed by atoms with E-state index in [1.807, 2.05) is 52.9 Å². The molecule has 0 spiro atoms. The Labute approximate surface area is 163 Å². The normalized spacial score (nSPS) is 21.1. The number of aryl methyl sites for hydroxylation is 1. The van der Waals surface area contributed by atoms with Crippen molar-refractivity contribution in [2.45, 2.75) is 32.1 Å². The number of fused-ring (bicyclic) bond motifs is 3. The van der Waals surface area contributed by atoms with E-state index in [4.69, 9.17) is 4.74 Å². The summed E-state index contributed by atoms with van der Waals surface area (Å²) in [7, 11) is 0. The van der Waals surface area contributed by atoms with Crippen molar-refractivity contribution in [2.75, 3.05) is 13.1 Å². The predicted octanol–water partition coefficient (Wildman–Crippen LogP) is 2.63. The molecule has 7 nitrogen and oxygen atoms in total. The summed E-state index contributed by atoms with van der Waals surface area (Å²) in [6.45, 7) is 3.64. The van der Waals surface area contributed by atoms with Gasteiger partial charge in [0.15, 0.2) is 0 Å². The summed E-state index contributed by atoms with van der Waals surface area (Å²) >= 11 is 0. The topological polar surface area (TPSA) is 73.1 Å². The number of carbonyl (C=O) groups is 1. The van der Waals surface area contributed by atoms with Crippen LogP contribution in [-0.4, -0.2) is 50.0 Å². The molecule has 0 bridgehead atoms. The van der Waals surface area contributed by atoms with E-state index < -0.39 is 0 Å². The maximum Gasteiger partial charge on any atom is 0.256 e. The standard InChI is InChI=1S/C21H21N5O2/c1-14-20(17(7-9-22-14)15-5-3-2-4-6-15)21(27)25-10-8-19-18(12-25)26-16(13-28-19)11-23-24-26/h2-7,9,11,18-19H,8,10,12-13H2,1H3/t18-,19+/m0/s1. The van der Waals surface area contributed by atoms with Gasteiger partial charge in [0.1, 0.15) is 0 Å². The Balaban J connectivity index is 1.49. The van der Waals surface area contributed by atoms with Gasteiger partial charge in [-0.3, -0.25) is 9.78 Å². The number of hydrogen-bond donors (Lipinski definition) is 0. The van der Waals surface area contributed by atoms with Crippen molar-refractivity contribution < 1.29 is 9.53 Å². The van der Waals surface area contributed by atoms with Gasteiger partial charge in [-0.05, 0) is 30.5 Å². The molecule has 142 valence electrons. The lowest BCUT2D eigenvalue weighted by Gasteiger charge is -2.41. The molecule has 0 aliphatic carbocycles. The summed E-state index contributed by atoms with van der Waals surface area (Å²) in [6, 6.07) is 11.9. The van der Waals surface area contributed by atoms with Gasteiger partial charge in [-0.25, -0.2) is 4.68 Å². The number of ether oxygens (including phenoxy) is 1. The summed E-state index contributed by atoms with van der Waals surface area (Å²) in [6.07, 6.45) is 4.35. The van der Waals surface area contributed by atoms with Crippen molar-refractivity contribution in [2.24, 2.45) is 0 Å². The fraction of sp³-hybridized carbons (Fsp3) is 0.333. The average Bonchev–Trinajstić information content (AvgIpc) is 3.23. The molecule has 0 N–H and O–H groups in total. The number of piperidine rings is 1. The number of hydrogen-bond acceptors (Lipinski definition) is 5. The van der Waals surface area contributed by atoms with E-state index in [2.05, 4.69) is 15.3 Å². The van der Waals surface area contributed by atoms with Crippen LogP contribution >= 0.6 is 0 Å². The van der Waals surface area contributed by atoms with E-state index in [-0.39, 0.29) is 18.1 Å². The summed E-state index contributed by atoms with van der Waals surface area (Å²) in [5.41, 5.74) is 4.31. The molecule has 3 aromatic rings. The number of rotatable bonds is 2. The minimum absolute atomic E-state index is 0.00102. The quantitative estimate of drug-likeness (QED) is 0.688. The zero-order valence-electron chi connectivity index (χ0n) is 15.7. The van der Waals surface area contributed by atoms with Crippen LogP contribution in [0.2, 0.25) is 0 Å². The molecular formula is C21H21N5O2. The van der Waals surface area contributed by atoms with Crippen molar-refractivity contribution >= 4 is 5.91 Å². The first-order valence-electron chi connectivity index (χ1n) is 9.53. The second-order valence-electron chi connectivity index (χ2n) is 7.31. The van der Waals surface area contributed by atoms with E-state index >= 15 is 0 Å². The number of pyridine rings is 1. The highest BCUT2D eigenvalue weighted by Gasteiger charge is 2.38. The van der Waals surface area contributed by atoms with Crippen molar-refractivity contribution in [3.63, 3.8) is 0 Å². The third-order valence-corrected chi connectivity index (χ3v) is 5.65. The van der Waals surface area contributed by atoms with Crippen molar-refractivity contribution in [1.82, 2.24) is 24.9 Å². The molecule has 2 aliphatic heterocycles. The molecule has 28 heavy (non-hydrogen) atoms. The van der Waals surface area contributed by atoms with Gasteiger partial charge in [0.05, 0.1) is 41.9 Å². The molecule has 0 saturated carbocycles. The Kier molecular flexibility index (Phi) is 4.16. The number of nitrogens with zero attached hydrogens (tertiary/aromatic N) is 5. The molecular weight excluding hydrogens is 354 g/mol. The van der Waals surface area contributed by atoms with Crippen LogP contribution in [0.15, 0.2) is 48.8 Å². The molecule has 1 saturated heterocycles. The Hall–Kier alpha value is -3.06. The van der Waals surface area contributed by atoms with E-state index in [1.54, 1.807) is 12.4 Å². The number of amides is 1. The highest BCUT2D eigenvalue weighted by molar-refractivity contribution is 6.01. The van der Waals surface area contributed by atoms with Crippen LogP contribution in [0.3, 0.4) is 0 Å². The maximum absolute atomic E-state index is 13.5. The number of likely N-dealkylation sites (tertiary alicyclic amines) is 1. The third kappa shape index (κ3) is 2.79. The Morgan fingerprint density at radius 3 is 2.93 bits per heavy atom. The summed E-state index contributed by atoms with van der Waals surface area (Å²) in [5, 5.41) is 8.24. The average molecular weight is 375 g/mol. The molecule has 1 fully saturated rings. The van der Waals surface area contributed by atoms with Gasteiger partial charge in [-0.2, -0.15) is 0 Å².